The van der Waals surface area contributed by atoms with Crippen LogP contribution in [-0.4, -0.2) is 38.0 Å². The Morgan fingerprint density at radius 2 is 1.94 bits per heavy atom. The first-order valence-electron chi connectivity index (χ1n) is 11.4. The number of hydrogen-bond acceptors (Lipinski definition) is 5. The average molecular weight is 483 g/mol. The molecule has 6 rings (SSSR count). The number of likely N-dealkylation sites (tertiary alicyclic amines) is 1. The number of nitrogens with zero attached hydrogens (tertiary/aromatic N) is 3. The molecule has 0 atom stereocenters. The highest BCUT2D eigenvalue weighted by molar-refractivity contribution is 7.15. The molecule has 1 aliphatic carbocycles. The summed E-state index contributed by atoms with van der Waals surface area (Å²) in [6.07, 6.45) is 8.27. The average Bonchev–Trinajstić information content (AvgIpc) is 3.54. The fourth-order valence-electron chi connectivity index (χ4n) is 4.81. The van der Waals surface area contributed by atoms with Gasteiger partial charge in [-0.25, -0.2) is 14.4 Å². The van der Waals surface area contributed by atoms with Crippen molar-refractivity contribution in [2.75, 3.05) is 13.1 Å². The van der Waals surface area contributed by atoms with Crippen LogP contribution in [0.25, 0.3) is 32.7 Å². The summed E-state index contributed by atoms with van der Waals surface area (Å²) in [5.41, 5.74) is 3.00. The number of H-pyrrole nitrogens is 1. The van der Waals surface area contributed by atoms with Crippen LogP contribution in [0.1, 0.15) is 42.7 Å². The first-order chi connectivity index (χ1) is 16.0. The predicted octanol–water partition coefficient (Wildman–Crippen LogP) is 6.11. The van der Waals surface area contributed by atoms with Crippen LogP contribution in [0.2, 0.25) is 5.02 Å². The summed E-state index contributed by atoms with van der Waals surface area (Å²) >= 11 is 8.04. The number of aromatic nitrogens is 3. The molecule has 3 aromatic heterocycles. The fraction of sp³-hybridized carbons (Fsp3) is 0.360. The number of halogens is 2. The van der Waals surface area contributed by atoms with Gasteiger partial charge < -0.3 is 10.1 Å². The predicted molar refractivity (Wildman–Crippen MR) is 130 cm³/mol. The highest BCUT2D eigenvalue weighted by Crippen LogP contribution is 2.46. The van der Waals surface area contributed by atoms with Crippen LogP contribution in [0.3, 0.4) is 0 Å². The van der Waals surface area contributed by atoms with Crippen molar-refractivity contribution in [3.63, 3.8) is 0 Å². The van der Waals surface area contributed by atoms with Crippen LogP contribution in [0.15, 0.2) is 36.7 Å². The number of fused-ring (bicyclic) bond motifs is 1. The van der Waals surface area contributed by atoms with E-state index in [1.165, 1.54) is 24.2 Å². The monoisotopic (exact) mass is 482 g/mol. The summed E-state index contributed by atoms with van der Waals surface area (Å²) in [5.74, 6) is -0.190. The molecular weight excluding hydrogens is 459 g/mol. The number of benzene rings is 1. The zero-order chi connectivity index (χ0) is 22.6. The molecule has 1 saturated carbocycles. The molecule has 8 heteroatoms. The standard InChI is InChI=1S/C25H24ClFN4OS/c26-18-12-28-23-17(22(18)21-13-29-24(33-21)25(32)6-3-7-25)11-20(30-23)15-4-5-16(19(27)10-15)14-31-8-1-2-9-31/h4-5,10-13,32H,1-3,6-9,14H2,(H,28,30). The Kier molecular flexibility index (Phi) is 5.25. The Hall–Kier alpha value is -2.32. The molecule has 2 N–H and O–H groups in total. The van der Waals surface area contributed by atoms with Crippen LogP contribution in [-0.2, 0) is 12.1 Å². The topological polar surface area (TPSA) is 65.0 Å². The van der Waals surface area contributed by atoms with Crippen molar-refractivity contribution >= 4 is 34.0 Å². The minimum Gasteiger partial charge on any atom is -0.383 e. The van der Waals surface area contributed by atoms with E-state index in [9.17, 15) is 9.50 Å². The summed E-state index contributed by atoms with van der Waals surface area (Å²) in [6, 6.07) is 7.40. The summed E-state index contributed by atoms with van der Waals surface area (Å²) in [5, 5.41) is 12.8. The van der Waals surface area contributed by atoms with Crippen LogP contribution in [0, 0.1) is 5.82 Å². The second kappa shape index (κ2) is 8.17. The molecule has 0 radical (unpaired) electrons. The quantitative estimate of drug-likeness (QED) is 0.360. The molecule has 33 heavy (non-hydrogen) atoms. The van der Waals surface area contributed by atoms with E-state index < -0.39 is 5.60 Å². The van der Waals surface area contributed by atoms with Gasteiger partial charge >= 0.3 is 0 Å². The van der Waals surface area contributed by atoms with E-state index in [1.54, 1.807) is 18.5 Å². The van der Waals surface area contributed by atoms with Gasteiger partial charge in [0.25, 0.3) is 0 Å². The second-order valence-electron chi connectivity index (χ2n) is 9.13. The van der Waals surface area contributed by atoms with E-state index in [-0.39, 0.29) is 5.82 Å². The van der Waals surface area contributed by atoms with E-state index in [0.29, 0.717) is 17.2 Å². The van der Waals surface area contributed by atoms with Gasteiger partial charge in [-0.2, -0.15) is 0 Å². The Balaban J connectivity index is 1.36. The third kappa shape index (κ3) is 3.77. The molecule has 1 aliphatic heterocycles. The fourth-order valence-corrected chi connectivity index (χ4v) is 6.26. The van der Waals surface area contributed by atoms with E-state index in [4.69, 9.17) is 11.6 Å². The van der Waals surface area contributed by atoms with E-state index in [0.717, 1.165) is 70.0 Å². The third-order valence-corrected chi connectivity index (χ3v) is 8.39. The maximum Gasteiger partial charge on any atom is 0.138 e. The summed E-state index contributed by atoms with van der Waals surface area (Å²) < 4.78 is 14.9. The first-order valence-corrected chi connectivity index (χ1v) is 12.6. The van der Waals surface area contributed by atoms with Gasteiger partial charge in [0.2, 0.25) is 0 Å². The number of nitrogens with one attached hydrogen (secondary N) is 1. The highest BCUT2D eigenvalue weighted by Gasteiger charge is 2.39. The van der Waals surface area contributed by atoms with Crippen molar-refractivity contribution in [1.82, 2.24) is 19.9 Å². The van der Waals surface area contributed by atoms with Gasteiger partial charge in [0.05, 0.1) is 9.90 Å². The molecular formula is C25H24ClFN4OS. The van der Waals surface area contributed by atoms with Crippen molar-refractivity contribution < 1.29 is 9.50 Å². The van der Waals surface area contributed by atoms with Gasteiger partial charge in [0.15, 0.2) is 0 Å². The molecule has 5 nitrogen and oxygen atoms in total. The number of hydrogen-bond donors (Lipinski definition) is 2. The summed E-state index contributed by atoms with van der Waals surface area (Å²) in [6.45, 7) is 2.73. The number of pyridine rings is 1. The third-order valence-electron chi connectivity index (χ3n) is 6.90. The summed E-state index contributed by atoms with van der Waals surface area (Å²) in [7, 11) is 0. The lowest BCUT2D eigenvalue weighted by Gasteiger charge is -2.34. The molecule has 1 aromatic carbocycles. The van der Waals surface area contributed by atoms with Gasteiger partial charge in [-0.05, 0) is 57.3 Å². The lowest BCUT2D eigenvalue weighted by atomic mass is 9.81. The van der Waals surface area contributed by atoms with Gasteiger partial charge in [0, 0.05) is 46.7 Å². The van der Waals surface area contributed by atoms with Crippen LogP contribution in [0.5, 0.6) is 0 Å². The Morgan fingerprint density at radius 3 is 2.67 bits per heavy atom. The maximum absolute atomic E-state index is 14.9. The molecule has 2 fully saturated rings. The molecule has 0 bridgehead atoms. The molecule has 0 unspecified atom stereocenters. The smallest absolute Gasteiger partial charge is 0.138 e. The van der Waals surface area contributed by atoms with Crippen molar-refractivity contribution in [1.29, 1.82) is 0 Å². The molecule has 0 spiro atoms. The largest absolute Gasteiger partial charge is 0.383 e. The Bertz CT molecular complexity index is 1340. The normalized spacial score (nSPS) is 18.2. The second-order valence-corrected chi connectivity index (χ2v) is 10.6. The number of aliphatic hydroxyl groups is 1. The van der Waals surface area contributed by atoms with Gasteiger partial charge in [-0.15, -0.1) is 11.3 Å². The van der Waals surface area contributed by atoms with Crippen LogP contribution < -0.4 is 0 Å². The van der Waals surface area contributed by atoms with Gasteiger partial charge in [0.1, 0.15) is 22.1 Å². The van der Waals surface area contributed by atoms with Crippen molar-refractivity contribution in [2.24, 2.45) is 0 Å². The Labute approximate surface area is 200 Å². The molecule has 2 aliphatic rings. The molecule has 4 heterocycles. The number of thiazole rings is 1. The van der Waals surface area contributed by atoms with E-state index >= 15 is 0 Å². The molecule has 1 saturated heterocycles. The van der Waals surface area contributed by atoms with Gasteiger partial charge in [-0.3, -0.25) is 4.90 Å². The zero-order valence-corrected chi connectivity index (χ0v) is 19.6. The number of aromatic amines is 1. The van der Waals surface area contributed by atoms with Crippen molar-refractivity contribution in [2.45, 2.75) is 44.2 Å². The Morgan fingerprint density at radius 1 is 1.12 bits per heavy atom. The minimum atomic E-state index is -0.806. The van der Waals surface area contributed by atoms with Gasteiger partial charge in [-0.1, -0.05) is 23.7 Å². The lowest BCUT2D eigenvalue weighted by Crippen LogP contribution is -2.33. The minimum absolute atomic E-state index is 0.190. The molecule has 170 valence electrons. The van der Waals surface area contributed by atoms with Crippen LogP contribution >= 0.6 is 22.9 Å². The number of rotatable bonds is 5. The first kappa shape index (κ1) is 21.2. The maximum atomic E-state index is 14.9. The molecule has 4 aromatic rings. The van der Waals surface area contributed by atoms with Crippen molar-refractivity contribution in [3.8, 4) is 21.7 Å². The molecule has 0 amide bonds. The lowest BCUT2D eigenvalue weighted by molar-refractivity contribution is -0.0389. The SMILES string of the molecule is OC1(c2ncc(-c3c(Cl)cnc4[nH]c(-c5ccc(CN6CCCC6)c(F)c5)cc34)s2)CCC1. The van der Waals surface area contributed by atoms with Crippen molar-refractivity contribution in [3.05, 3.63) is 58.1 Å². The zero-order valence-electron chi connectivity index (χ0n) is 18.1. The van der Waals surface area contributed by atoms with E-state index in [2.05, 4.69) is 19.9 Å². The highest BCUT2D eigenvalue weighted by atomic mass is 35.5. The summed E-state index contributed by atoms with van der Waals surface area (Å²) in [4.78, 5) is 15.4. The van der Waals surface area contributed by atoms with E-state index in [1.807, 2.05) is 18.2 Å². The van der Waals surface area contributed by atoms with Crippen LogP contribution in [0.4, 0.5) is 4.39 Å².